The molecule has 10 heteroatoms. The fraction of sp³-hybridized carbons (Fsp3) is 0.375. The van der Waals surface area contributed by atoms with Crippen LogP contribution in [0.2, 0.25) is 0 Å². The van der Waals surface area contributed by atoms with E-state index in [0.717, 1.165) is 0 Å². The SMILES string of the molecule is O=C1C2C3C=CC(O3)C2C(=O)N1c1cc(C(F)(F)F)cc(C(F)(F)F)c1. The zero-order chi connectivity index (χ0) is 19.0. The lowest BCUT2D eigenvalue weighted by atomic mass is 9.85. The Morgan fingerprint density at radius 1 is 0.769 bits per heavy atom. The molecule has 3 aliphatic rings. The molecule has 2 amide bonds. The highest BCUT2D eigenvalue weighted by Gasteiger charge is 2.61. The maximum Gasteiger partial charge on any atom is 0.416 e. The van der Waals surface area contributed by atoms with E-state index in [-0.39, 0.29) is 6.07 Å². The van der Waals surface area contributed by atoms with Gasteiger partial charge in [0.2, 0.25) is 11.8 Å². The monoisotopic (exact) mass is 377 g/mol. The fourth-order valence-electron chi connectivity index (χ4n) is 3.63. The van der Waals surface area contributed by atoms with Gasteiger partial charge in [0.05, 0.1) is 40.9 Å². The van der Waals surface area contributed by atoms with Gasteiger partial charge in [-0.1, -0.05) is 12.2 Å². The second-order valence-corrected chi connectivity index (χ2v) is 6.28. The summed E-state index contributed by atoms with van der Waals surface area (Å²) in [4.78, 5) is 25.5. The summed E-state index contributed by atoms with van der Waals surface area (Å²) in [5.41, 5.74) is -3.91. The van der Waals surface area contributed by atoms with Crippen LogP contribution >= 0.6 is 0 Å². The van der Waals surface area contributed by atoms with Gasteiger partial charge in [-0.15, -0.1) is 0 Å². The van der Waals surface area contributed by atoms with Crippen LogP contribution < -0.4 is 4.90 Å². The van der Waals surface area contributed by atoms with Gasteiger partial charge in [-0.25, -0.2) is 4.90 Å². The fourth-order valence-corrected chi connectivity index (χ4v) is 3.63. The van der Waals surface area contributed by atoms with Gasteiger partial charge in [0.15, 0.2) is 0 Å². The summed E-state index contributed by atoms with van der Waals surface area (Å²) in [6.45, 7) is 0. The maximum atomic E-state index is 13.0. The Hall–Kier alpha value is -2.36. The molecule has 1 aromatic carbocycles. The summed E-state index contributed by atoms with van der Waals surface area (Å²) in [7, 11) is 0. The Kier molecular flexibility index (Phi) is 3.34. The van der Waals surface area contributed by atoms with E-state index in [2.05, 4.69) is 0 Å². The number of anilines is 1. The first kappa shape index (κ1) is 17.1. The number of fused-ring (bicyclic) bond motifs is 5. The number of nitrogens with zero attached hydrogens (tertiary/aromatic N) is 1. The van der Waals surface area contributed by atoms with Crippen molar-refractivity contribution in [2.24, 2.45) is 11.8 Å². The standard InChI is InChI=1S/C16H9F6NO3/c17-15(18,19)6-3-7(16(20,21)22)5-8(4-6)23-13(24)11-9-1-2-10(26-9)12(11)14(23)25/h1-5,9-12H. The molecule has 4 rings (SSSR count). The van der Waals surface area contributed by atoms with Crippen molar-refractivity contribution in [3.8, 4) is 0 Å². The smallest absolute Gasteiger partial charge is 0.365 e. The number of amides is 2. The summed E-state index contributed by atoms with van der Waals surface area (Å²) in [6.07, 6.45) is -8.40. The molecule has 138 valence electrons. The number of rotatable bonds is 1. The highest BCUT2D eigenvalue weighted by Crippen LogP contribution is 2.47. The average molecular weight is 377 g/mol. The van der Waals surface area contributed by atoms with Crippen molar-refractivity contribution in [2.45, 2.75) is 24.6 Å². The molecule has 0 aliphatic carbocycles. The Balaban J connectivity index is 1.81. The third kappa shape index (κ3) is 2.35. The van der Waals surface area contributed by atoms with E-state index in [9.17, 15) is 35.9 Å². The minimum atomic E-state index is -5.07. The van der Waals surface area contributed by atoms with E-state index in [4.69, 9.17) is 4.74 Å². The maximum absolute atomic E-state index is 13.0. The molecule has 26 heavy (non-hydrogen) atoms. The molecular weight excluding hydrogens is 368 g/mol. The highest BCUT2D eigenvalue weighted by atomic mass is 19.4. The van der Waals surface area contributed by atoms with Gasteiger partial charge in [0, 0.05) is 0 Å². The van der Waals surface area contributed by atoms with Gasteiger partial charge in [0.25, 0.3) is 0 Å². The summed E-state index contributed by atoms with van der Waals surface area (Å²) < 4.78 is 83.4. The van der Waals surface area contributed by atoms with Gasteiger partial charge < -0.3 is 4.74 Å². The topological polar surface area (TPSA) is 46.6 Å². The number of hydrogen-bond acceptors (Lipinski definition) is 3. The lowest BCUT2D eigenvalue weighted by Crippen LogP contribution is -2.34. The molecule has 4 atom stereocenters. The van der Waals surface area contributed by atoms with Crippen LogP contribution in [0.4, 0.5) is 32.0 Å². The van der Waals surface area contributed by atoms with Gasteiger partial charge in [-0.2, -0.15) is 26.3 Å². The predicted molar refractivity (Wildman–Crippen MR) is 73.7 cm³/mol. The second-order valence-electron chi connectivity index (χ2n) is 6.28. The summed E-state index contributed by atoms with van der Waals surface area (Å²) in [5, 5.41) is 0. The van der Waals surface area contributed by atoms with Crippen molar-refractivity contribution < 1.29 is 40.7 Å². The largest absolute Gasteiger partial charge is 0.416 e. The predicted octanol–water partition coefficient (Wildman–Crippen LogP) is 3.17. The van der Waals surface area contributed by atoms with Crippen LogP contribution in [-0.4, -0.2) is 24.0 Å². The second kappa shape index (κ2) is 5.09. The summed E-state index contributed by atoms with van der Waals surface area (Å²) >= 11 is 0. The molecule has 0 spiro atoms. The first-order valence-electron chi connectivity index (χ1n) is 7.49. The van der Waals surface area contributed by atoms with Crippen LogP contribution in [0.1, 0.15) is 11.1 Å². The molecule has 3 aliphatic heterocycles. The van der Waals surface area contributed by atoms with Gasteiger partial charge >= 0.3 is 12.4 Å². The molecule has 3 heterocycles. The lowest BCUT2D eigenvalue weighted by Gasteiger charge is -2.21. The number of carbonyl (C=O) groups excluding carboxylic acids is 2. The molecule has 0 aromatic heterocycles. The van der Waals surface area contributed by atoms with Crippen LogP contribution in [0.5, 0.6) is 0 Å². The molecule has 4 nitrogen and oxygen atoms in total. The minimum Gasteiger partial charge on any atom is -0.365 e. The van der Waals surface area contributed by atoms with Crippen LogP contribution in [0, 0.1) is 11.8 Å². The van der Waals surface area contributed by atoms with Crippen molar-refractivity contribution in [3.63, 3.8) is 0 Å². The molecule has 2 saturated heterocycles. The quantitative estimate of drug-likeness (QED) is 0.429. The van der Waals surface area contributed by atoms with Crippen LogP contribution in [0.15, 0.2) is 30.4 Å². The number of imide groups is 1. The molecule has 0 radical (unpaired) electrons. The van der Waals surface area contributed by atoms with E-state index in [0.29, 0.717) is 17.0 Å². The van der Waals surface area contributed by atoms with E-state index >= 15 is 0 Å². The van der Waals surface area contributed by atoms with Gasteiger partial charge in [0.1, 0.15) is 0 Å². The number of hydrogen-bond donors (Lipinski definition) is 0. The number of halogens is 6. The lowest BCUT2D eigenvalue weighted by molar-refractivity contribution is -0.143. The molecule has 2 fully saturated rings. The van der Waals surface area contributed by atoms with Crippen molar-refractivity contribution in [1.82, 2.24) is 0 Å². The Morgan fingerprint density at radius 2 is 1.19 bits per heavy atom. The zero-order valence-corrected chi connectivity index (χ0v) is 12.6. The highest BCUT2D eigenvalue weighted by molar-refractivity contribution is 6.23. The number of carbonyl (C=O) groups is 2. The minimum absolute atomic E-state index is 0.0519. The van der Waals surface area contributed by atoms with Gasteiger partial charge in [-0.3, -0.25) is 9.59 Å². The number of benzene rings is 1. The van der Waals surface area contributed by atoms with Crippen LogP contribution in [0.3, 0.4) is 0 Å². The molecule has 4 unspecified atom stereocenters. The first-order chi connectivity index (χ1) is 12.0. The molecular formula is C16H9F6NO3. The van der Waals surface area contributed by atoms with Crippen molar-refractivity contribution >= 4 is 17.5 Å². The van der Waals surface area contributed by atoms with E-state index in [1.54, 1.807) is 12.2 Å². The molecule has 0 N–H and O–H groups in total. The first-order valence-corrected chi connectivity index (χ1v) is 7.49. The van der Waals surface area contributed by atoms with E-state index in [1.165, 1.54) is 0 Å². The zero-order valence-electron chi connectivity index (χ0n) is 12.6. The average Bonchev–Trinajstić information content (AvgIpc) is 3.19. The molecule has 0 saturated carbocycles. The summed E-state index contributed by atoms with van der Waals surface area (Å²) in [6, 6.07) is 0.703. The normalized spacial score (nSPS) is 30.5. The van der Waals surface area contributed by atoms with Crippen molar-refractivity contribution in [1.29, 1.82) is 0 Å². The molecule has 2 bridgehead atoms. The Labute approximate surface area is 142 Å². The van der Waals surface area contributed by atoms with E-state index in [1.807, 2.05) is 0 Å². The van der Waals surface area contributed by atoms with Gasteiger partial charge in [-0.05, 0) is 18.2 Å². The third-order valence-corrected chi connectivity index (χ3v) is 4.74. The van der Waals surface area contributed by atoms with Crippen LogP contribution in [-0.2, 0) is 26.7 Å². The number of ether oxygens (including phenoxy) is 1. The Bertz CT molecular complexity index is 781. The number of alkyl halides is 6. The van der Waals surface area contributed by atoms with E-state index < -0.39 is 65.0 Å². The van der Waals surface area contributed by atoms with Crippen LogP contribution in [0.25, 0.3) is 0 Å². The summed E-state index contributed by atoms with van der Waals surface area (Å²) in [5.74, 6) is -3.57. The Morgan fingerprint density at radius 3 is 1.58 bits per heavy atom. The molecule has 1 aromatic rings. The van der Waals surface area contributed by atoms with Crippen molar-refractivity contribution in [3.05, 3.63) is 41.5 Å². The van der Waals surface area contributed by atoms with Crippen molar-refractivity contribution in [2.75, 3.05) is 4.90 Å². The third-order valence-electron chi connectivity index (χ3n) is 4.74.